The van der Waals surface area contributed by atoms with Crippen molar-refractivity contribution in [3.63, 3.8) is 0 Å². The van der Waals surface area contributed by atoms with E-state index in [1.807, 2.05) is 27.2 Å². The standard InChI is InChI=1S/C70H127N2O6P/c1-6-8-10-12-14-16-18-20-22-24-26-28-30-32-34-35-36-37-38-40-42-44-46-48-50-52-54-56-58-60-62-64-70(74)71-68(67-78-79(75,76)77-66-65-72(3,4)5)69(73)63-61-59-57-55-53-51-49-47-45-43-41-39-33-31-29-27-25-23-21-19-17-15-13-11-9-7-2/h8,10,14,16,20,22,26,28,32,34,36-37,40,42,61,63,68-69,73H,6-7,9,11-13,15,17-19,21,23-25,27,29-31,33,35,38-39,41,43-60,62,64-67H2,1-5H3,(H-,71,74,75,76)/p+1/b10-8-,16-14-,22-20-,28-26-,34-32-,37-36-,42-40-,63-61+. The third kappa shape index (κ3) is 62.9. The van der Waals surface area contributed by atoms with Crippen LogP contribution in [-0.2, 0) is 18.4 Å². The molecule has 8 nitrogen and oxygen atoms in total. The lowest BCUT2D eigenvalue weighted by molar-refractivity contribution is -0.870. The molecule has 9 heteroatoms. The molecule has 0 aromatic heterocycles. The monoisotopic (exact) mass is 1120 g/mol. The topological polar surface area (TPSA) is 105 Å². The quantitative estimate of drug-likeness (QED) is 0.0243. The predicted molar refractivity (Wildman–Crippen MR) is 346 cm³/mol. The van der Waals surface area contributed by atoms with Gasteiger partial charge in [0.05, 0.1) is 39.9 Å². The van der Waals surface area contributed by atoms with Gasteiger partial charge in [-0.3, -0.25) is 13.8 Å². The highest BCUT2D eigenvalue weighted by molar-refractivity contribution is 7.47. The molecule has 1 amide bonds. The Morgan fingerprint density at radius 3 is 1.11 bits per heavy atom. The van der Waals surface area contributed by atoms with Crippen molar-refractivity contribution >= 4 is 13.7 Å². The molecule has 0 fully saturated rings. The first-order chi connectivity index (χ1) is 38.5. The van der Waals surface area contributed by atoms with Gasteiger partial charge in [0.15, 0.2) is 0 Å². The highest BCUT2D eigenvalue weighted by Gasteiger charge is 2.28. The number of unbranched alkanes of at least 4 members (excludes halogenated alkanes) is 33. The van der Waals surface area contributed by atoms with Crippen LogP contribution < -0.4 is 5.32 Å². The number of allylic oxidation sites excluding steroid dienone is 15. The van der Waals surface area contributed by atoms with Crippen LogP contribution in [0.1, 0.15) is 290 Å². The van der Waals surface area contributed by atoms with Crippen LogP contribution >= 0.6 is 7.82 Å². The molecule has 3 atom stereocenters. The Hall–Kier alpha value is -2.58. The summed E-state index contributed by atoms with van der Waals surface area (Å²) in [6.07, 6.45) is 86.7. The van der Waals surface area contributed by atoms with Crippen molar-refractivity contribution in [3.8, 4) is 0 Å². The Morgan fingerprint density at radius 1 is 0.443 bits per heavy atom. The van der Waals surface area contributed by atoms with E-state index >= 15 is 0 Å². The van der Waals surface area contributed by atoms with Crippen LogP contribution in [0, 0.1) is 0 Å². The van der Waals surface area contributed by atoms with Crippen LogP contribution in [0.2, 0.25) is 0 Å². The summed E-state index contributed by atoms with van der Waals surface area (Å²) in [5.41, 5.74) is 0. The number of phosphoric acid groups is 1. The summed E-state index contributed by atoms with van der Waals surface area (Å²) < 4.78 is 23.8. The molecule has 0 bridgehead atoms. The molecule has 458 valence electrons. The molecule has 79 heavy (non-hydrogen) atoms. The van der Waals surface area contributed by atoms with E-state index in [0.717, 1.165) is 89.9 Å². The Kier molecular flexibility index (Phi) is 58.1. The Bertz CT molecular complexity index is 1610. The van der Waals surface area contributed by atoms with Crippen LogP contribution in [0.4, 0.5) is 0 Å². The van der Waals surface area contributed by atoms with Crippen molar-refractivity contribution < 1.29 is 32.9 Å². The molecule has 3 N–H and O–H groups in total. The molecule has 0 saturated carbocycles. The first-order valence-electron chi connectivity index (χ1n) is 33.1. The second-order valence-corrected chi connectivity index (χ2v) is 24.9. The number of rotatable bonds is 60. The maximum absolute atomic E-state index is 13.0. The van der Waals surface area contributed by atoms with Gasteiger partial charge < -0.3 is 19.8 Å². The van der Waals surface area contributed by atoms with Crippen LogP contribution in [0.3, 0.4) is 0 Å². The van der Waals surface area contributed by atoms with Crippen LogP contribution in [0.25, 0.3) is 0 Å². The number of aliphatic hydroxyl groups is 1. The number of hydrogen-bond acceptors (Lipinski definition) is 5. The number of phosphoric ester groups is 1. The number of carbonyl (C=O) groups excluding carboxylic acids is 1. The first-order valence-corrected chi connectivity index (χ1v) is 34.6. The Labute approximate surface area is 489 Å². The minimum Gasteiger partial charge on any atom is -0.387 e. The van der Waals surface area contributed by atoms with Gasteiger partial charge in [0.1, 0.15) is 13.2 Å². The lowest BCUT2D eigenvalue weighted by atomic mass is 10.0. The molecular formula is C70H128N2O6P+. The first kappa shape index (κ1) is 76.4. The minimum atomic E-state index is -4.36. The number of amides is 1. The lowest BCUT2D eigenvalue weighted by Gasteiger charge is -2.25. The third-order valence-electron chi connectivity index (χ3n) is 14.6. The summed E-state index contributed by atoms with van der Waals surface area (Å²) in [4.78, 5) is 23.4. The summed E-state index contributed by atoms with van der Waals surface area (Å²) in [6, 6.07) is -0.858. The average Bonchev–Trinajstić information content (AvgIpc) is 3.42. The molecule has 0 aliphatic heterocycles. The van der Waals surface area contributed by atoms with Crippen LogP contribution in [0.15, 0.2) is 97.2 Å². The summed E-state index contributed by atoms with van der Waals surface area (Å²) >= 11 is 0. The normalized spacial score (nSPS) is 14.4. The van der Waals surface area contributed by atoms with E-state index in [-0.39, 0.29) is 19.1 Å². The zero-order valence-corrected chi connectivity index (χ0v) is 53.2. The molecule has 0 aromatic carbocycles. The summed E-state index contributed by atoms with van der Waals surface area (Å²) in [6.45, 7) is 4.72. The number of quaternary nitrogens is 1. The fourth-order valence-electron chi connectivity index (χ4n) is 9.44. The van der Waals surface area contributed by atoms with E-state index in [2.05, 4.69) is 104 Å². The van der Waals surface area contributed by atoms with Crippen molar-refractivity contribution in [1.29, 1.82) is 0 Å². The van der Waals surface area contributed by atoms with Gasteiger partial charge in [-0.05, 0) is 77.0 Å². The lowest BCUT2D eigenvalue weighted by Crippen LogP contribution is -2.45. The molecule has 0 radical (unpaired) electrons. The van der Waals surface area contributed by atoms with Crippen LogP contribution in [0.5, 0.6) is 0 Å². The molecule has 0 aliphatic carbocycles. The van der Waals surface area contributed by atoms with Crippen molar-refractivity contribution in [1.82, 2.24) is 5.32 Å². The molecule has 0 rings (SSSR count). The number of nitrogens with one attached hydrogen (secondary N) is 1. The summed E-state index contributed by atoms with van der Waals surface area (Å²) in [5, 5.41) is 14.0. The second kappa shape index (κ2) is 60.0. The average molecular weight is 1120 g/mol. The zero-order valence-electron chi connectivity index (χ0n) is 52.3. The van der Waals surface area contributed by atoms with Gasteiger partial charge in [0, 0.05) is 6.42 Å². The molecule has 0 spiro atoms. The predicted octanol–water partition coefficient (Wildman–Crippen LogP) is 20.9. The number of hydrogen-bond donors (Lipinski definition) is 3. The van der Waals surface area contributed by atoms with E-state index in [4.69, 9.17) is 9.05 Å². The van der Waals surface area contributed by atoms with E-state index in [1.165, 1.54) is 180 Å². The molecular weight excluding hydrogens is 996 g/mol. The van der Waals surface area contributed by atoms with E-state index in [1.54, 1.807) is 6.08 Å². The van der Waals surface area contributed by atoms with Gasteiger partial charge in [0.2, 0.25) is 5.91 Å². The van der Waals surface area contributed by atoms with Crippen molar-refractivity contribution in [2.45, 2.75) is 302 Å². The highest BCUT2D eigenvalue weighted by atomic mass is 31.2. The zero-order chi connectivity index (χ0) is 57.7. The Balaban J connectivity index is 4.17. The van der Waals surface area contributed by atoms with Gasteiger partial charge in [0.25, 0.3) is 0 Å². The number of nitrogens with zero attached hydrogens (tertiary/aromatic N) is 1. The van der Waals surface area contributed by atoms with E-state index in [0.29, 0.717) is 17.4 Å². The number of likely N-dealkylation sites (N-methyl/N-ethyl adjacent to an activating group) is 1. The smallest absolute Gasteiger partial charge is 0.387 e. The third-order valence-corrected chi connectivity index (χ3v) is 15.5. The highest BCUT2D eigenvalue weighted by Crippen LogP contribution is 2.43. The summed E-state index contributed by atoms with van der Waals surface area (Å²) in [5.74, 6) is -0.184. The minimum absolute atomic E-state index is 0.0563. The van der Waals surface area contributed by atoms with E-state index in [9.17, 15) is 19.4 Å². The molecule has 0 heterocycles. The van der Waals surface area contributed by atoms with Gasteiger partial charge in [-0.25, -0.2) is 4.57 Å². The van der Waals surface area contributed by atoms with Gasteiger partial charge >= 0.3 is 7.82 Å². The Morgan fingerprint density at radius 2 is 0.759 bits per heavy atom. The SMILES string of the molecule is CC/C=C\C/C=C\C/C=C\C/C=C\C/C=C\C/C=C\C/C=C\CCCCCCCCCCCC(=O)NC(COP(=O)(O)OCC[N+](C)(C)C)C(O)/C=C/CCCCCCCCCCCCCCCCCCCCCCCCCC. The second-order valence-electron chi connectivity index (χ2n) is 23.5. The summed E-state index contributed by atoms with van der Waals surface area (Å²) in [7, 11) is 1.56. The fraction of sp³-hybridized carbons (Fsp3) is 0.757. The van der Waals surface area contributed by atoms with Crippen molar-refractivity contribution in [3.05, 3.63) is 97.2 Å². The largest absolute Gasteiger partial charge is 0.472 e. The van der Waals surface area contributed by atoms with E-state index < -0.39 is 20.0 Å². The van der Waals surface area contributed by atoms with Crippen molar-refractivity contribution in [2.24, 2.45) is 0 Å². The van der Waals surface area contributed by atoms with Crippen molar-refractivity contribution in [2.75, 3.05) is 40.9 Å². The van der Waals surface area contributed by atoms with Gasteiger partial charge in [-0.1, -0.05) is 304 Å². The van der Waals surface area contributed by atoms with Crippen LogP contribution in [-0.4, -0.2) is 73.4 Å². The fourth-order valence-corrected chi connectivity index (χ4v) is 10.2. The maximum atomic E-state index is 13.0. The molecule has 3 unspecified atom stereocenters. The van der Waals surface area contributed by atoms with Gasteiger partial charge in [-0.15, -0.1) is 0 Å². The van der Waals surface area contributed by atoms with Gasteiger partial charge in [-0.2, -0.15) is 0 Å². The number of aliphatic hydroxyl groups excluding tert-OH is 1. The molecule has 0 aliphatic rings. The molecule has 0 aromatic rings. The maximum Gasteiger partial charge on any atom is 0.472 e. The molecule has 0 saturated heterocycles. The number of carbonyl (C=O) groups is 1.